The third-order valence-corrected chi connectivity index (χ3v) is 5.67. The molecule has 0 N–H and O–H groups in total. The van der Waals surface area contributed by atoms with Crippen LogP contribution in [0.4, 0.5) is 0 Å². The number of benzene rings is 4. The fourth-order valence-electron chi connectivity index (χ4n) is 4.07. The molecule has 0 radical (unpaired) electrons. The molecule has 5 aromatic rings. The average Bonchev–Trinajstić information content (AvgIpc) is 3.21. The molecule has 0 aliphatic carbocycles. The molecule has 0 spiro atoms. The molecule has 0 aliphatic heterocycles. The SMILES string of the molecule is CCC(Oc1ccccc1)c1nc2ccccc2n1CCOc1ccc2ccccc2c1. The van der Waals surface area contributed by atoms with Gasteiger partial charge in [0.2, 0.25) is 0 Å². The molecule has 32 heavy (non-hydrogen) atoms. The largest absolute Gasteiger partial charge is 0.492 e. The van der Waals surface area contributed by atoms with Crippen LogP contribution >= 0.6 is 0 Å². The Balaban J connectivity index is 1.39. The fourth-order valence-corrected chi connectivity index (χ4v) is 4.07. The van der Waals surface area contributed by atoms with Crippen LogP contribution in [-0.2, 0) is 6.54 Å². The van der Waals surface area contributed by atoms with Crippen molar-refractivity contribution in [3.05, 3.63) is 103 Å². The Kier molecular flexibility index (Phi) is 5.75. The smallest absolute Gasteiger partial charge is 0.156 e. The number of aromatic nitrogens is 2. The maximum absolute atomic E-state index is 6.31. The summed E-state index contributed by atoms with van der Waals surface area (Å²) in [6.07, 6.45) is 0.689. The number of nitrogens with zero attached hydrogens (tertiary/aromatic N) is 2. The van der Waals surface area contributed by atoms with E-state index in [0.717, 1.165) is 34.8 Å². The van der Waals surface area contributed by atoms with Gasteiger partial charge in [0.05, 0.1) is 17.6 Å². The van der Waals surface area contributed by atoms with Gasteiger partial charge in [0.25, 0.3) is 0 Å². The lowest BCUT2D eigenvalue weighted by molar-refractivity contribution is 0.184. The highest BCUT2D eigenvalue weighted by Gasteiger charge is 2.20. The Hall–Kier alpha value is -3.79. The second-order valence-electron chi connectivity index (χ2n) is 7.80. The van der Waals surface area contributed by atoms with Gasteiger partial charge in [0, 0.05) is 0 Å². The van der Waals surface area contributed by atoms with Gasteiger partial charge >= 0.3 is 0 Å². The Labute approximate surface area is 188 Å². The highest BCUT2D eigenvalue weighted by atomic mass is 16.5. The van der Waals surface area contributed by atoms with Crippen molar-refractivity contribution >= 4 is 21.8 Å². The molecule has 1 aromatic heterocycles. The maximum Gasteiger partial charge on any atom is 0.156 e. The van der Waals surface area contributed by atoms with Crippen molar-refractivity contribution in [2.24, 2.45) is 0 Å². The van der Waals surface area contributed by atoms with Crippen molar-refractivity contribution in [1.82, 2.24) is 9.55 Å². The van der Waals surface area contributed by atoms with Crippen LogP contribution in [0.25, 0.3) is 21.8 Å². The van der Waals surface area contributed by atoms with Crippen molar-refractivity contribution in [1.29, 1.82) is 0 Å². The molecule has 0 aliphatic rings. The van der Waals surface area contributed by atoms with Crippen molar-refractivity contribution in [2.45, 2.75) is 26.0 Å². The quantitative estimate of drug-likeness (QED) is 0.276. The molecule has 160 valence electrons. The minimum atomic E-state index is -0.134. The van der Waals surface area contributed by atoms with Crippen LogP contribution in [0.5, 0.6) is 11.5 Å². The van der Waals surface area contributed by atoms with Gasteiger partial charge in [-0.05, 0) is 53.6 Å². The summed E-state index contributed by atoms with van der Waals surface area (Å²) in [6.45, 7) is 3.37. The number of rotatable bonds is 8. The van der Waals surface area contributed by atoms with Gasteiger partial charge in [-0.3, -0.25) is 0 Å². The number of imidazole rings is 1. The van der Waals surface area contributed by atoms with E-state index in [0.29, 0.717) is 13.2 Å². The molecular formula is C28H26N2O2. The van der Waals surface area contributed by atoms with E-state index in [2.05, 4.69) is 54.0 Å². The van der Waals surface area contributed by atoms with Gasteiger partial charge in [-0.25, -0.2) is 4.98 Å². The van der Waals surface area contributed by atoms with Gasteiger partial charge in [0.15, 0.2) is 11.9 Å². The van der Waals surface area contributed by atoms with Crippen molar-refractivity contribution in [2.75, 3.05) is 6.61 Å². The van der Waals surface area contributed by atoms with E-state index in [4.69, 9.17) is 14.5 Å². The molecule has 0 saturated carbocycles. The fraction of sp³-hybridized carbons (Fsp3) is 0.179. The van der Waals surface area contributed by atoms with E-state index in [9.17, 15) is 0 Å². The minimum absolute atomic E-state index is 0.134. The van der Waals surface area contributed by atoms with E-state index in [1.165, 1.54) is 10.8 Å². The molecule has 1 unspecified atom stereocenters. The Bertz CT molecular complexity index is 1330. The molecule has 4 nitrogen and oxygen atoms in total. The molecule has 0 bridgehead atoms. The van der Waals surface area contributed by atoms with Crippen LogP contribution in [0.2, 0.25) is 0 Å². The van der Waals surface area contributed by atoms with E-state index in [1.54, 1.807) is 0 Å². The second kappa shape index (κ2) is 9.15. The van der Waals surface area contributed by atoms with Crippen LogP contribution < -0.4 is 9.47 Å². The van der Waals surface area contributed by atoms with Crippen LogP contribution in [0.15, 0.2) is 97.1 Å². The summed E-state index contributed by atoms with van der Waals surface area (Å²) in [5, 5.41) is 2.40. The van der Waals surface area contributed by atoms with Gasteiger partial charge < -0.3 is 14.0 Å². The topological polar surface area (TPSA) is 36.3 Å². The Morgan fingerprint density at radius 2 is 1.53 bits per heavy atom. The van der Waals surface area contributed by atoms with Gasteiger partial charge in [-0.2, -0.15) is 0 Å². The van der Waals surface area contributed by atoms with E-state index in [1.807, 2.05) is 54.6 Å². The number of hydrogen-bond acceptors (Lipinski definition) is 3. The first-order valence-corrected chi connectivity index (χ1v) is 11.1. The van der Waals surface area contributed by atoms with E-state index >= 15 is 0 Å². The number of hydrogen-bond donors (Lipinski definition) is 0. The summed E-state index contributed by atoms with van der Waals surface area (Å²) in [5.41, 5.74) is 2.07. The van der Waals surface area contributed by atoms with E-state index < -0.39 is 0 Å². The first-order valence-electron chi connectivity index (χ1n) is 11.1. The molecule has 0 saturated heterocycles. The lowest BCUT2D eigenvalue weighted by Gasteiger charge is -2.19. The second-order valence-corrected chi connectivity index (χ2v) is 7.80. The number of para-hydroxylation sites is 3. The summed E-state index contributed by atoms with van der Waals surface area (Å²) in [6, 6.07) is 32.7. The molecule has 0 amide bonds. The van der Waals surface area contributed by atoms with Crippen molar-refractivity contribution in [3.8, 4) is 11.5 Å². The predicted molar refractivity (Wildman–Crippen MR) is 129 cm³/mol. The lowest BCUT2D eigenvalue weighted by Crippen LogP contribution is -2.17. The first kappa shape index (κ1) is 20.1. The molecule has 5 rings (SSSR count). The third kappa shape index (κ3) is 4.17. The molecular weight excluding hydrogens is 396 g/mol. The molecule has 0 fully saturated rings. The first-order chi connectivity index (χ1) is 15.8. The molecule has 4 heteroatoms. The van der Waals surface area contributed by atoms with Crippen molar-refractivity contribution < 1.29 is 9.47 Å². The summed E-state index contributed by atoms with van der Waals surface area (Å²) >= 11 is 0. The Morgan fingerprint density at radius 1 is 0.781 bits per heavy atom. The summed E-state index contributed by atoms with van der Waals surface area (Å²) in [5.74, 6) is 2.66. The lowest BCUT2D eigenvalue weighted by atomic mass is 10.1. The van der Waals surface area contributed by atoms with Gasteiger partial charge in [-0.15, -0.1) is 0 Å². The summed E-state index contributed by atoms with van der Waals surface area (Å²) in [4.78, 5) is 4.93. The highest BCUT2D eigenvalue weighted by molar-refractivity contribution is 5.83. The maximum atomic E-state index is 6.31. The molecule has 4 aromatic carbocycles. The Morgan fingerprint density at radius 3 is 2.38 bits per heavy atom. The van der Waals surface area contributed by atoms with Crippen LogP contribution in [0, 0.1) is 0 Å². The minimum Gasteiger partial charge on any atom is -0.492 e. The third-order valence-electron chi connectivity index (χ3n) is 5.67. The summed E-state index contributed by atoms with van der Waals surface area (Å²) < 4.78 is 14.7. The van der Waals surface area contributed by atoms with E-state index in [-0.39, 0.29) is 6.10 Å². The zero-order valence-corrected chi connectivity index (χ0v) is 18.1. The van der Waals surface area contributed by atoms with Gasteiger partial charge in [0.1, 0.15) is 18.1 Å². The number of ether oxygens (including phenoxy) is 2. The zero-order valence-electron chi connectivity index (χ0n) is 18.1. The predicted octanol–water partition coefficient (Wildman–Crippen LogP) is 6.80. The van der Waals surface area contributed by atoms with Crippen LogP contribution in [-0.4, -0.2) is 16.2 Å². The molecule has 1 atom stereocenters. The number of fused-ring (bicyclic) bond motifs is 2. The van der Waals surface area contributed by atoms with Crippen LogP contribution in [0.3, 0.4) is 0 Å². The van der Waals surface area contributed by atoms with Crippen LogP contribution in [0.1, 0.15) is 25.3 Å². The highest BCUT2D eigenvalue weighted by Crippen LogP contribution is 2.28. The average molecular weight is 423 g/mol. The summed E-state index contributed by atoms with van der Waals surface area (Å²) in [7, 11) is 0. The van der Waals surface area contributed by atoms with Crippen molar-refractivity contribution in [3.63, 3.8) is 0 Å². The molecule has 1 heterocycles. The monoisotopic (exact) mass is 422 g/mol. The zero-order chi connectivity index (χ0) is 21.8. The van der Waals surface area contributed by atoms with Gasteiger partial charge in [-0.1, -0.05) is 67.6 Å². The standard InChI is InChI=1S/C28H26N2O2/c1-2-27(32-23-12-4-3-5-13-23)28-29-25-14-8-9-15-26(25)30(28)18-19-31-24-17-16-21-10-6-7-11-22(21)20-24/h3-17,20,27H,2,18-19H2,1H3. The normalized spacial score (nSPS) is 12.2.